The molecule has 3 heteroatoms. The third-order valence-electron chi connectivity index (χ3n) is 2.03. The Kier molecular flexibility index (Phi) is 2.50. The number of anilines is 1. The predicted octanol–water partition coefficient (Wildman–Crippen LogP) is 2.81. The van der Waals surface area contributed by atoms with Crippen molar-refractivity contribution < 1.29 is 4.79 Å². The molecule has 0 saturated carbocycles. The Bertz CT molecular complexity index is 449. The van der Waals surface area contributed by atoms with Gasteiger partial charge in [0.1, 0.15) is 0 Å². The van der Waals surface area contributed by atoms with Gasteiger partial charge in [0, 0.05) is 15.5 Å². The molecule has 0 saturated heterocycles. The molecule has 1 heterocycles. The minimum absolute atomic E-state index is 0.256. The lowest BCUT2D eigenvalue weighted by Crippen LogP contribution is -2.15. The molecule has 1 aromatic carbocycles. The third-order valence-corrected chi connectivity index (χ3v) is 2.99. The van der Waals surface area contributed by atoms with E-state index in [1.807, 2.05) is 29.9 Å². The van der Waals surface area contributed by atoms with Crippen LogP contribution in [0.3, 0.4) is 0 Å². The molecule has 0 amide bonds. The van der Waals surface area contributed by atoms with Crippen LogP contribution in [0.4, 0.5) is 5.69 Å². The van der Waals surface area contributed by atoms with Gasteiger partial charge in [0.25, 0.3) is 0 Å². The quantitative estimate of drug-likeness (QED) is 0.833. The Morgan fingerprint density at radius 3 is 3.00 bits per heavy atom. The monoisotopic (exact) mass is 204 g/mol. The van der Waals surface area contributed by atoms with Crippen LogP contribution in [0.5, 0.6) is 0 Å². The molecular weight excluding hydrogens is 194 g/mol. The SMILES string of the molecule is C[C@@H]([C]=O)Nc1csc2ccccc12. The number of carbonyl (C=O) groups excluding carboxylic acids is 1. The Hall–Kier alpha value is -1.35. The standard InChI is InChI=1S/C11H10NOS/c1-8(6-13)12-10-7-14-11-5-3-2-4-9(10)11/h2-5,7-8,12H,1H3/t8-/m0/s1. The number of rotatable bonds is 3. The summed E-state index contributed by atoms with van der Waals surface area (Å²) < 4.78 is 1.23. The predicted molar refractivity (Wildman–Crippen MR) is 60.6 cm³/mol. The molecule has 1 aromatic heterocycles. The van der Waals surface area contributed by atoms with Crippen molar-refractivity contribution in [3.63, 3.8) is 0 Å². The first kappa shape index (κ1) is 9.21. The summed E-state index contributed by atoms with van der Waals surface area (Å²) in [7, 11) is 0. The van der Waals surface area contributed by atoms with Crippen LogP contribution in [-0.2, 0) is 4.79 Å². The van der Waals surface area contributed by atoms with Crippen molar-refractivity contribution in [1.82, 2.24) is 0 Å². The first-order chi connectivity index (χ1) is 6.81. The van der Waals surface area contributed by atoms with Crippen LogP contribution in [0.1, 0.15) is 6.92 Å². The van der Waals surface area contributed by atoms with E-state index in [-0.39, 0.29) is 6.04 Å². The van der Waals surface area contributed by atoms with Crippen LogP contribution >= 0.6 is 11.3 Å². The average molecular weight is 204 g/mol. The number of thiophene rings is 1. The second-order valence-corrected chi connectivity index (χ2v) is 4.04. The van der Waals surface area contributed by atoms with Crippen LogP contribution in [0.25, 0.3) is 10.1 Å². The topological polar surface area (TPSA) is 29.1 Å². The van der Waals surface area contributed by atoms with E-state index < -0.39 is 0 Å². The summed E-state index contributed by atoms with van der Waals surface area (Å²) in [5.41, 5.74) is 1.02. The van der Waals surface area contributed by atoms with E-state index in [2.05, 4.69) is 11.4 Å². The largest absolute Gasteiger partial charge is 0.374 e. The molecule has 2 nitrogen and oxygen atoms in total. The fraction of sp³-hybridized carbons (Fsp3) is 0.182. The zero-order chi connectivity index (χ0) is 9.97. The van der Waals surface area contributed by atoms with Gasteiger partial charge in [0.05, 0.1) is 11.7 Å². The fourth-order valence-electron chi connectivity index (χ4n) is 1.35. The van der Waals surface area contributed by atoms with Crippen LogP contribution < -0.4 is 5.32 Å². The van der Waals surface area contributed by atoms with Gasteiger partial charge in [-0.05, 0) is 13.0 Å². The normalized spacial score (nSPS) is 12.6. The first-order valence-corrected chi connectivity index (χ1v) is 5.29. The van der Waals surface area contributed by atoms with E-state index in [1.165, 1.54) is 10.1 Å². The maximum absolute atomic E-state index is 10.4. The third kappa shape index (κ3) is 1.63. The molecule has 1 atom stereocenters. The fourth-order valence-corrected chi connectivity index (χ4v) is 2.25. The molecule has 0 unspecified atom stereocenters. The molecular formula is C11H10NOS. The number of benzene rings is 1. The van der Waals surface area contributed by atoms with Crippen LogP contribution in [0, 0.1) is 0 Å². The number of nitrogens with one attached hydrogen (secondary N) is 1. The second kappa shape index (κ2) is 3.80. The Balaban J connectivity index is 2.38. The van der Waals surface area contributed by atoms with Gasteiger partial charge in [-0.15, -0.1) is 11.3 Å². The zero-order valence-electron chi connectivity index (χ0n) is 7.78. The van der Waals surface area contributed by atoms with Crippen molar-refractivity contribution >= 4 is 33.4 Å². The molecule has 0 aliphatic rings. The molecule has 0 fully saturated rings. The molecule has 0 bridgehead atoms. The van der Waals surface area contributed by atoms with Gasteiger partial charge in [0.2, 0.25) is 6.29 Å². The lowest BCUT2D eigenvalue weighted by Gasteiger charge is -2.05. The van der Waals surface area contributed by atoms with Crippen molar-refractivity contribution in [1.29, 1.82) is 0 Å². The Labute approximate surface area is 86.6 Å². The molecule has 1 N–H and O–H groups in total. The van der Waals surface area contributed by atoms with Gasteiger partial charge in [-0.25, -0.2) is 0 Å². The number of hydrogen-bond acceptors (Lipinski definition) is 3. The molecule has 0 spiro atoms. The highest BCUT2D eigenvalue weighted by atomic mass is 32.1. The number of fused-ring (bicyclic) bond motifs is 1. The highest BCUT2D eigenvalue weighted by Crippen LogP contribution is 2.29. The van der Waals surface area contributed by atoms with Crippen molar-refractivity contribution in [2.75, 3.05) is 5.32 Å². The van der Waals surface area contributed by atoms with E-state index in [0.717, 1.165) is 5.69 Å². The van der Waals surface area contributed by atoms with Crippen molar-refractivity contribution in [2.45, 2.75) is 13.0 Å². The van der Waals surface area contributed by atoms with Gasteiger partial charge in [-0.1, -0.05) is 18.2 Å². The highest BCUT2D eigenvalue weighted by molar-refractivity contribution is 7.17. The molecule has 2 aromatic rings. The van der Waals surface area contributed by atoms with Crippen molar-refractivity contribution in [3.8, 4) is 0 Å². The Morgan fingerprint density at radius 2 is 2.21 bits per heavy atom. The van der Waals surface area contributed by atoms with Crippen LogP contribution in [0.15, 0.2) is 29.6 Å². The van der Waals surface area contributed by atoms with Gasteiger partial charge in [-0.2, -0.15) is 0 Å². The molecule has 71 valence electrons. The van der Waals surface area contributed by atoms with Crippen molar-refractivity contribution in [2.24, 2.45) is 0 Å². The van der Waals surface area contributed by atoms with Gasteiger partial charge in [0.15, 0.2) is 0 Å². The maximum atomic E-state index is 10.4. The average Bonchev–Trinajstić information content (AvgIpc) is 2.62. The van der Waals surface area contributed by atoms with E-state index in [4.69, 9.17) is 0 Å². The van der Waals surface area contributed by atoms with Crippen LogP contribution in [-0.4, -0.2) is 12.3 Å². The molecule has 0 aliphatic heterocycles. The lowest BCUT2D eigenvalue weighted by molar-refractivity contribution is 0.549. The molecule has 1 radical (unpaired) electrons. The van der Waals surface area contributed by atoms with E-state index in [1.54, 1.807) is 18.3 Å². The van der Waals surface area contributed by atoms with Crippen LogP contribution in [0.2, 0.25) is 0 Å². The summed E-state index contributed by atoms with van der Waals surface area (Å²) in [6.45, 7) is 1.79. The molecule has 2 rings (SSSR count). The van der Waals surface area contributed by atoms with Gasteiger partial charge in [-0.3, -0.25) is 4.79 Å². The highest BCUT2D eigenvalue weighted by Gasteiger charge is 2.05. The summed E-state index contributed by atoms with van der Waals surface area (Å²) in [6, 6.07) is 7.87. The van der Waals surface area contributed by atoms with E-state index >= 15 is 0 Å². The van der Waals surface area contributed by atoms with E-state index in [9.17, 15) is 4.79 Å². The second-order valence-electron chi connectivity index (χ2n) is 3.13. The maximum Gasteiger partial charge on any atom is 0.222 e. The first-order valence-electron chi connectivity index (χ1n) is 4.41. The Morgan fingerprint density at radius 1 is 1.43 bits per heavy atom. The number of hydrogen-bond donors (Lipinski definition) is 1. The lowest BCUT2D eigenvalue weighted by atomic mass is 10.2. The minimum atomic E-state index is -0.256. The summed E-state index contributed by atoms with van der Waals surface area (Å²) >= 11 is 1.67. The van der Waals surface area contributed by atoms with Gasteiger partial charge < -0.3 is 5.32 Å². The summed E-state index contributed by atoms with van der Waals surface area (Å²) in [5.74, 6) is 0. The summed E-state index contributed by atoms with van der Waals surface area (Å²) in [5, 5.41) is 6.29. The van der Waals surface area contributed by atoms with Gasteiger partial charge >= 0.3 is 0 Å². The smallest absolute Gasteiger partial charge is 0.222 e. The van der Waals surface area contributed by atoms with Crippen molar-refractivity contribution in [3.05, 3.63) is 29.6 Å². The summed E-state index contributed by atoms with van der Waals surface area (Å²) in [6.07, 6.45) is 1.91. The molecule has 0 aliphatic carbocycles. The molecule has 14 heavy (non-hydrogen) atoms. The summed E-state index contributed by atoms with van der Waals surface area (Å²) in [4.78, 5) is 10.4. The minimum Gasteiger partial charge on any atom is -0.374 e. The zero-order valence-corrected chi connectivity index (χ0v) is 8.60. The van der Waals surface area contributed by atoms with E-state index in [0.29, 0.717) is 0 Å².